The molecular formula is C33H43ClN4O8. The lowest BCUT2D eigenvalue weighted by Crippen LogP contribution is -2.47. The fourth-order valence-electron chi connectivity index (χ4n) is 5.69. The van der Waals surface area contributed by atoms with Crippen molar-refractivity contribution in [1.29, 1.82) is 0 Å². The predicted molar refractivity (Wildman–Crippen MR) is 175 cm³/mol. The fourth-order valence-corrected chi connectivity index (χ4v) is 5.69. The third-order valence-electron chi connectivity index (χ3n) is 7.94. The first-order valence-electron chi connectivity index (χ1n) is 15.2. The van der Waals surface area contributed by atoms with Crippen molar-refractivity contribution < 1.29 is 33.5 Å². The molecule has 2 heterocycles. The first-order valence-corrected chi connectivity index (χ1v) is 15.2. The van der Waals surface area contributed by atoms with Gasteiger partial charge in [0.1, 0.15) is 6.61 Å². The van der Waals surface area contributed by atoms with Crippen LogP contribution in [0.3, 0.4) is 0 Å². The zero-order chi connectivity index (χ0) is 32.3. The molecule has 0 radical (unpaired) electrons. The van der Waals surface area contributed by atoms with Gasteiger partial charge in [-0.05, 0) is 44.9 Å². The molecule has 1 saturated heterocycles. The first kappa shape index (κ1) is 36.3. The SMILES string of the molecule is CCOC(=O)C1=C(C)NC(C)=C(C(=O)OCCCN2CCN(CCOc3ccccc3OC)CC2)C1c1cccc([N+](=O)[O-])c1.Cl. The van der Waals surface area contributed by atoms with E-state index in [1.807, 2.05) is 24.3 Å². The summed E-state index contributed by atoms with van der Waals surface area (Å²) in [5.74, 6) is -0.590. The van der Waals surface area contributed by atoms with E-state index in [0.29, 0.717) is 30.0 Å². The number of hydrogen-bond donors (Lipinski definition) is 1. The number of piperazine rings is 1. The largest absolute Gasteiger partial charge is 0.493 e. The molecule has 1 atom stereocenters. The number of carbonyl (C=O) groups is 2. The van der Waals surface area contributed by atoms with Gasteiger partial charge in [0, 0.05) is 62.8 Å². The molecule has 1 unspecified atom stereocenters. The van der Waals surface area contributed by atoms with E-state index in [9.17, 15) is 19.7 Å². The molecule has 1 fully saturated rings. The molecule has 46 heavy (non-hydrogen) atoms. The number of carbonyl (C=O) groups excluding carboxylic acids is 2. The van der Waals surface area contributed by atoms with Gasteiger partial charge in [-0.15, -0.1) is 12.4 Å². The lowest BCUT2D eigenvalue weighted by molar-refractivity contribution is -0.384. The van der Waals surface area contributed by atoms with Crippen LogP contribution in [0.5, 0.6) is 11.5 Å². The van der Waals surface area contributed by atoms with E-state index in [1.165, 1.54) is 12.1 Å². The van der Waals surface area contributed by atoms with Crippen molar-refractivity contribution in [3.63, 3.8) is 0 Å². The maximum Gasteiger partial charge on any atom is 0.336 e. The summed E-state index contributed by atoms with van der Waals surface area (Å²) in [4.78, 5) is 42.3. The molecule has 2 aromatic carbocycles. The number of esters is 2. The van der Waals surface area contributed by atoms with E-state index in [0.717, 1.165) is 50.8 Å². The van der Waals surface area contributed by atoms with Crippen LogP contribution < -0.4 is 14.8 Å². The minimum atomic E-state index is -0.877. The summed E-state index contributed by atoms with van der Waals surface area (Å²) < 4.78 is 22.3. The molecule has 0 amide bonds. The predicted octanol–water partition coefficient (Wildman–Crippen LogP) is 4.45. The maximum absolute atomic E-state index is 13.5. The van der Waals surface area contributed by atoms with Crippen LogP contribution in [-0.4, -0.2) is 92.9 Å². The number of hydrogen-bond acceptors (Lipinski definition) is 11. The molecule has 1 N–H and O–H groups in total. The van der Waals surface area contributed by atoms with E-state index < -0.39 is 22.8 Å². The minimum Gasteiger partial charge on any atom is -0.493 e. The van der Waals surface area contributed by atoms with E-state index in [1.54, 1.807) is 40.0 Å². The number of nitro groups is 1. The summed E-state index contributed by atoms with van der Waals surface area (Å²) >= 11 is 0. The standard InChI is InChI=1S/C33H42N4O8.ClH/c1-5-43-32(38)29-23(2)34-24(3)30(31(29)25-10-8-11-26(22-25)37(40)41)33(39)45-20-9-14-35-15-17-36(18-16-35)19-21-44-28-13-7-6-12-27(28)42-4;/h6-8,10-13,22,31,34H,5,9,14-21H2,1-4H3;1H. The molecule has 0 spiro atoms. The number of benzene rings is 2. The van der Waals surface area contributed by atoms with Crippen molar-refractivity contribution in [1.82, 2.24) is 15.1 Å². The maximum atomic E-state index is 13.5. The van der Waals surface area contributed by atoms with Gasteiger partial charge in [-0.3, -0.25) is 15.0 Å². The summed E-state index contributed by atoms with van der Waals surface area (Å²) in [6, 6.07) is 13.6. The molecule has 2 aromatic rings. The summed E-state index contributed by atoms with van der Waals surface area (Å²) in [5.41, 5.74) is 1.79. The Bertz CT molecular complexity index is 1440. The number of rotatable bonds is 14. The summed E-state index contributed by atoms with van der Waals surface area (Å²) in [5, 5.41) is 14.6. The number of nitrogens with zero attached hydrogens (tertiary/aromatic N) is 3. The molecule has 2 aliphatic heterocycles. The molecule has 12 nitrogen and oxygen atoms in total. The molecule has 4 rings (SSSR count). The summed E-state index contributed by atoms with van der Waals surface area (Å²) in [6.07, 6.45) is 0.642. The second kappa shape index (κ2) is 17.5. The second-order valence-electron chi connectivity index (χ2n) is 10.9. The Morgan fingerprint density at radius 3 is 2.11 bits per heavy atom. The number of ether oxygens (including phenoxy) is 4. The third kappa shape index (κ3) is 9.21. The van der Waals surface area contributed by atoms with Gasteiger partial charge >= 0.3 is 11.9 Å². The van der Waals surface area contributed by atoms with Crippen molar-refractivity contribution in [2.45, 2.75) is 33.1 Å². The van der Waals surface area contributed by atoms with Gasteiger partial charge < -0.3 is 29.2 Å². The molecule has 13 heteroatoms. The van der Waals surface area contributed by atoms with Gasteiger partial charge in [-0.1, -0.05) is 24.3 Å². The number of para-hydroxylation sites is 2. The smallest absolute Gasteiger partial charge is 0.336 e. The highest BCUT2D eigenvalue weighted by molar-refractivity contribution is 6.00. The van der Waals surface area contributed by atoms with Crippen LogP contribution in [0.15, 0.2) is 71.1 Å². The number of dihydropyridines is 1. The van der Waals surface area contributed by atoms with Crippen molar-refractivity contribution in [3.05, 3.63) is 86.7 Å². The average molecular weight is 659 g/mol. The van der Waals surface area contributed by atoms with E-state index in [-0.39, 0.29) is 42.5 Å². The van der Waals surface area contributed by atoms with Gasteiger partial charge in [0.05, 0.1) is 42.3 Å². The number of halogens is 1. The quantitative estimate of drug-likeness (QED) is 0.134. The van der Waals surface area contributed by atoms with Crippen LogP contribution in [0.4, 0.5) is 5.69 Å². The van der Waals surface area contributed by atoms with Crippen molar-refractivity contribution >= 4 is 30.0 Å². The Morgan fingerprint density at radius 1 is 0.891 bits per heavy atom. The van der Waals surface area contributed by atoms with E-state index in [4.69, 9.17) is 18.9 Å². The average Bonchev–Trinajstić information content (AvgIpc) is 3.03. The van der Waals surface area contributed by atoms with Gasteiger partial charge in [-0.25, -0.2) is 9.59 Å². The first-order chi connectivity index (χ1) is 21.7. The number of nitrogens with one attached hydrogen (secondary N) is 1. The molecule has 0 bridgehead atoms. The Morgan fingerprint density at radius 2 is 1.50 bits per heavy atom. The highest BCUT2D eigenvalue weighted by Gasteiger charge is 2.38. The van der Waals surface area contributed by atoms with Gasteiger partial charge in [-0.2, -0.15) is 0 Å². The lowest BCUT2D eigenvalue weighted by atomic mass is 9.80. The van der Waals surface area contributed by atoms with Gasteiger partial charge in [0.15, 0.2) is 11.5 Å². The molecule has 0 saturated carbocycles. The van der Waals surface area contributed by atoms with Crippen molar-refractivity contribution in [2.75, 3.05) is 66.2 Å². The summed E-state index contributed by atoms with van der Waals surface area (Å²) in [7, 11) is 1.63. The number of non-ortho nitro benzene ring substituents is 1. The normalized spacial score (nSPS) is 17.1. The Balaban J connectivity index is 0.00000576. The zero-order valence-electron chi connectivity index (χ0n) is 26.8. The molecule has 2 aliphatic rings. The summed E-state index contributed by atoms with van der Waals surface area (Å²) in [6.45, 7) is 11.3. The monoisotopic (exact) mass is 658 g/mol. The number of nitro benzene ring substituents is 1. The number of allylic oxidation sites excluding steroid dienone is 2. The van der Waals surface area contributed by atoms with Crippen LogP contribution in [-0.2, 0) is 19.1 Å². The van der Waals surface area contributed by atoms with E-state index in [2.05, 4.69) is 15.1 Å². The number of methoxy groups -OCH3 is 1. The minimum absolute atomic E-state index is 0. The molecule has 250 valence electrons. The van der Waals surface area contributed by atoms with E-state index >= 15 is 0 Å². The highest BCUT2D eigenvalue weighted by atomic mass is 35.5. The van der Waals surface area contributed by atoms with Crippen LogP contribution >= 0.6 is 12.4 Å². The Hall–Kier alpha value is -4.13. The van der Waals surface area contributed by atoms with Gasteiger partial charge in [0.25, 0.3) is 5.69 Å². The van der Waals surface area contributed by atoms with Gasteiger partial charge in [0.2, 0.25) is 0 Å². The van der Waals surface area contributed by atoms with Crippen molar-refractivity contribution in [2.24, 2.45) is 0 Å². The topological polar surface area (TPSA) is 133 Å². The lowest BCUT2D eigenvalue weighted by Gasteiger charge is -2.34. The fraction of sp³-hybridized carbons (Fsp3) is 0.455. The second-order valence-corrected chi connectivity index (χ2v) is 10.9. The highest BCUT2D eigenvalue weighted by Crippen LogP contribution is 2.40. The molecule has 0 aliphatic carbocycles. The molecular weight excluding hydrogens is 616 g/mol. The third-order valence-corrected chi connectivity index (χ3v) is 7.94. The molecule has 0 aromatic heterocycles. The Labute approximate surface area is 275 Å². The Kier molecular flexibility index (Phi) is 13.9. The van der Waals surface area contributed by atoms with Crippen molar-refractivity contribution in [3.8, 4) is 11.5 Å². The van der Waals surface area contributed by atoms with Crippen LogP contribution in [0.1, 0.15) is 38.7 Å². The van der Waals surface area contributed by atoms with Crippen LogP contribution in [0.25, 0.3) is 0 Å². The van der Waals surface area contributed by atoms with Crippen LogP contribution in [0, 0.1) is 10.1 Å². The van der Waals surface area contributed by atoms with Crippen LogP contribution in [0.2, 0.25) is 0 Å². The zero-order valence-corrected chi connectivity index (χ0v) is 27.6.